The maximum Gasteiger partial charge on any atom is 0.180 e. The van der Waals surface area contributed by atoms with Crippen LogP contribution in [0.4, 0.5) is 5.69 Å². The Labute approximate surface area is 101 Å². The Morgan fingerprint density at radius 2 is 2.29 bits per heavy atom. The molecule has 2 rings (SSSR count). The molecule has 0 saturated carbocycles. The number of nitrogens with zero attached hydrogens (tertiary/aromatic N) is 1. The number of rotatable bonds is 5. The number of benzene rings is 1. The fraction of sp³-hybridized carbons (Fsp3) is 0.308. The van der Waals surface area contributed by atoms with E-state index in [0.717, 1.165) is 17.2 Å². The first kappa shape index (κ1) is 11.5. The minimum Gasteiger partial charge on any atom is -0.492 e. The third kappa shape index (κ3) is 3.00. The molecule has 0 saturated heterocycles. The average Bonchev–Trinajstić information content (AvgIpc) is 2.81. The molecule has 1 aromatic heterocycles. The highest BCUT2D eigenvalue weighted by Gasteiger charge is 2.04. The van der Waals surface area contributed by atoms with Crippen LogP contribution in [0.15, 0.2) is 35.2 Å². The second-order valence-corrected chi connectivity index (χ2v) is 3.75. The minimum atomic E-state index is 0.600. The number of anilines is 1. The molecule has 1 heterocycles. The second kappa shape index (κ2) is 5.39. The predicted molar refractivity (Wildman–Crippen MR) is 66.2 cm³/mol. The van der Waals surface area contributed by atoms with Crippen molar-refractivity contribution in [1.29, 1.82) is 0 Å². The molecule has 90 valence electrons. The number of aromatic nitrogens is 1. The largest absolute Gasteiger partial charge is 0.492 e. The summed E-state index contributed by atoms with van der Waals surface area (Å²) in [6.45, 7) is 5.27. The number of aryl methyl sites for hydroxylation is 1. The molecular formula is C13H16N2O2. The first-order valence-electron chi connectivity index (χ1n) is 5.64. The summed E-state index contributed by atoms with van der Waals surface area (Å²) in [5.74, 6) is 1.67. The highest BCUT2D eigenvalue weighted by atomic mass is 16.5. The van der Waals surface area contributed by atoms with E-state index in [-0.39, 0.29) is 0 Å². The van der Waals surface area contributed by atoms with Gasteiger partial charge in [0.2, 0.25) is 0 Å². The lowest BCUT2D eigenvalue weighted by Gasteiger charge is -2.12. The summed E-state index contributed by atoms with van der Waals surface area (Å²) in [6, 6.07) is 6.08. The van der Waals surface area contributed by atoms with Crippen molar-refractivity contribution in [3.8, 4) is 5.75 Å². The van der Waals surface area contributed by atoms with Crippen molar-refractivity contribution in [2.75, 3.05) is 11.9 Å². The van der Waals surface area contributed by atoms with Crippen molar-refractivity contribution in [3.63, 3.8) is 0 Å². The van der Waals surface area contributed by atoms with Gasteiger partial charge in [0, 0.05) is 0 Å². The first-order valence-corrected chi connectivity index (χ1v) is 5.64. The van der Waals surface area contributed by atoms with E-state index in [9.17, 15) is 0 Å². The summed E-state index contributed by atoms with van der Waals surface area (Å²) >= 11 is 0. The Kier molecular flexibility index (Phi) is 3.65. The highest BCUT2D eigenvalue weighted by molar-refractivity contribution is 5.57. The number of hydrogen-bond acceptors (Lipinski definition) is 4. The van der Waals surface area contributed by atoms with Crippen molar-refractivity contribution in [3.05, 3.63) is 42.1 Å². The minimum absolute atomic E-state index is 0.600. The maximum absolute atomic E-state index is 5.58. The van der Waals surface area contributed by atoms with Crippen molar-refractivity contribution < 1.29 is 9.15 Å². The summed E-state index contributed by atoms with van der Waals surface area (Å²) in [7, 11) is 0. The van der Waals surface area contributed by atoms with Crippen LogP contribution >= 0.6 is 0 Å². The molecule has 0 aliphatic carbocycles. The van der Waals surface area contributed by atoms with Gasteiger partial charge in [0.1, 0.15) is 11.5 Å². The van der Waals surface area contributed by atoms with Gasteiger partial charge in [-0.05, 0) is 31.5 Å². The molecule has 1 aromatic carbocycles. The topological polar surface area (TPSA) is 47.3 Å². The summed E-state index contributed by atoms with van der Waals surface area (Å²) in [5.41, 5.74) is 2.15. The van der Waals surface area contributed by atoms with E-state index < -0.39 is 0 Å². The monoisotopic (exact) mass is 232 g/mol. The zero-order valence-corrected chi connectivity index (χ0v) is 10.1. The third-order valence-electron chi connectivity index (χ3n) is 2.37. The second-order valence-electron chi connectivity index (χ2n) is 3.75. The standard InChI is InChI=1S/C13H16N2O2/c1-3-16-13-6-10(2)4-5-12(13)15-8-11-7-14-9-17-11/h4-7,9,15H,3,8H2,1-2H3. The smallest absolute Gasteiger partial charge is 0.180 e. The van der Waals surface area contributed by atoms with Gasteiger partial charge in [0.05, 0.1) is 25.0 Å². The van der Waals surface area contributed by atoms with Crippen LogP contribution in [0.3, 0.4) is 0 Å². The van der Waals surface area contributed by atoms with Crippen molar-refractivity contribution in [2.45, 2.75) is 20.4 Å². The number of ether oxygens (including phenoxy) is 1. The first-order chi connectivity index (χ1) is 8.29. The van der Waals surface area contributed by atoms with Gasteiger partial charge in [0.25, 0.3) is 0 Å². The van der Waals surface area contributed by atoms with Crippen molar-refractivity contribution >= 4 is 5.69 Å². The lowest BCUT2D eigenvalue weighted by molar-refractivity contribution is 0.341. The van der Waals surface area contributed by atoms with E-state index in [1.807, 2.05) is 32.0 Å². The molecule has 0 spiro atoms. The lowest BCUT2D eigenvalue weighted by atomic mass is 10.2. The van der Waals surface area contributed by atoms with E-state index in [4.69, 9.17) is 9.15 Å². The summed E-state index contributed by atoms with van der Waals surface area (Å²) in [6.07, 6.45) is 3.12. The fourth-order valence-corrected chi connectivity index (χ4v) is 1.56. The predicted octanol–water partition coefficient (Wildman–Crippen LogP) is 2.99. The van der Waals surface area contributed by atoms with E-state index in [0.29, 0.717) is 13.2 Å². The summed E-state index contributed by atoms with van der Waals surface area (Å²) in [5, 5.41) is 3.27. The van der Waals surface area contributed by atoms with Crippen LogP contribution in [-0.4, -0.2) is 11.6 Å². The van der Waals surface area contributed by atoms with Crippen LogP contribution in [0, 0.1) is 6.92 Å². The molecule has 4 heteroatoms. The number of nitrogens with one attached hydrogen (secondary N) is 1. The van der Waals surface area contributed by atoms with Gasteiger partial charge in [-0.2, -0.15) is 0 Å². The zero-order valence-electron chi connectivity index (χ0n) is 10.1. The maximum atomic E-state index is 5.58. The van der Waals surface area contributed by atoms with Gasteiger partial charge < -0.3 is 14.5 Å². The number of oxazole rings is 1. The van der Waals surface area contributed by atoms with Gasteiger partial charge in [0.15, 0.2) is 6.39 Å². The third-order valence-corrected chi connectivity index (χ3v) is 2.37. The molecule has 0 radical (unpaired) electrons. The van der Waals surface area contributed by atoms with E-state index in [2.05, 4.69) is 10.3 Å². The molecule has 0 aliphatic heterocycles. The molecule has 17 heavy (non-hydrogen) atoms. The van der Waals surface area contributed by atoms with Crippen LogP contribution < -0.4 is 10.1 Å². The lowest BCUT2D eigenvalue weighted by Crippen LogP contribution is -2.02. The summed E-state index contributed by atoms with van der Waals surface area (Å²) in [4.78, 5) is 3.87. The van der Waals surface area contributed by atoms with E-state index >= 15 is 0 Å². The highest BCUT2D eigenvalue weighted by Crippen LogP contribution is 2.26. The summed E-state index contributed by atoms with van der Waals surface area (Å²) < 4.78 is 10.7. The van der Waals surface area contributed by atoms with E-state index in [1.165, 1.54) is 12.0 Å². The molecule has 0 atom stereocenters. The Morgan fingerprint density at radius 1 is 1.41 bits per heavy atom. The Hall–Kier alpha value is -1.97. The molecule has 0 aliphatic rings. The molecule has 0 bridgehead atoms. The van der Waals surface area contributed by atoms with Gasteiger partial charge in [-0.1, -0.05) is 6.07 Å². The van der Waals surface area contributed by atoms with Gasteiger partial charge in [-0.15, -0.1) is 0 Å². The Balaban J connectivity index is 2.08. The molecule has 0 amide bonds. The Morgan fingerprint density at radius 3 is 3.00 bits per heavy atom. The van der Waals surface area contributed by atoms with Crippen LogP contribution in [0.5, 0.6) is 5.75 Å². The van der Waals surface area contributed by atoms with E-state index in [1.54, 1.807) is 6.20 Å². The Bertz CT molecular complexity index is 466. The van der Waals surface area contributed by atoms with Crippen LogP contribution in [0.1, 0.15) is 18.2 Å². The molecule has 1 N–H and O–H groups in total. The van der Waals surface area contributed by atoms with Gasteiger partial charge >= 0.3 is 0 Å². The SMILES string of the molecule is CCOc1cc(C)ccc1NCc1cnco1. The molecule has 2 aromatic rings. The average molecular weight is 232 g/mol. The molecule has 0 unspecified atom stereocenters. The van der Waals surface area contributed by atoms with Gasteiger partial charge in [-0.25, -0.2) is 4.98 Å². The van der Waals surface area contributed by atoms with Crippen LogP contribution in [0.2, 0.25) is 0 Å². The normalized spacial score (nSPS) is 10.2. The van der Waals surface area contributed by atoms with Crippen LogP contribution in [0.25, 0.3) is 0 Å². The molecule has 4 nitrogen and oxygen atoms in total. The van der Waals surface area contributed by atoms with Crippen molar-refractivity contribution in [2.24, 2.45) is 0 Å². The zero-order chi connectivity index (χ0) is 12.1. The van der Waals surface area contributed by atoms with Gasteiger partial charge in [-0.3, -0.25) is 0 Å². The van der Waals surface area contributed by atoms with Crippen LogP contribution in [-0.2, 0) is 6.54 Å². The quantitative estimate of drug-likeness (QED) is 0.860. The molecule has 0 fully saturated rings. The van der Waals surface area contributed by atoms with Crippen molar-refractivity contribution in [1.82, 2.24) is 4.98 Å². The number of hydrogen-bond donors (Lipinski definition) is 1. The molecular weight excluding hydrogens is 216 g/mol. The fourth-order valence-electron chi connectivity index (χ4n) is 1.56.